The molecule has 0 heterocycles. The Morgan fingerprint density at radius 1 is 1.17 bits per heavy atom. The summed E-state index contributed by atoms with van der Waals surface area (Å²) in [5.41, 5.74) is 0. The molecule has 0 atom stereocenters. The summed E-state index contributed by atoms with van der Waals surface area (Å²) in [5, 5.41) is 0. The second-order valence-corrected chi connectivity index (χ2v) is 13.7. The largest absolute Gasteiger partial charge is 0.151 e. The Balaban J connectivity index is 2.83. The maximum absolute atomic E-state index is 3.55. The minimum atomic E-state index is -1.04. The highest BCUT2D eigenvalue weighted by molar-refractivity contribution is 9.10. The van der Waals surface area contributed by atoms with Crippen molar-refractivity contribution in [2.75, 3.05) is 0 Å². The van der Waals surface area contributed by atoms with E-state index in [4.69, 9.17) is 0 Å². The van der Waals surface area contributed by atoms with Crippen LogP contribution < -0.4 is 0 Å². The predicted molar refractivity (Wildman–Crippen MR) is 63.3 cm³/mol. The van der Waals surface area contributed by atoms with Crippen LogP contribution >= 0.6 is 27.1 Å². The van der Waals surface area contributed by atoms with Gasteiger partial charge in [0.05, 0.1) is 0 Å². The van der Waals surface area contributed by atoms with Gasteiger partial charge in [0.1, 0.15) is 7.22 Å². The van der Waals surface area contributed by atoms with Gasteiger partial charge in [-0.1, -0.05) is 31.8 Å². The highest BCUT2D eigenvalue weighted by Gasteiger charge is 2.15. The summed E-state index contributed by atoms with van der Waals surface area (Å²) >= 11 is 5.57. The lowest BCUT2D eigenvalue weighted by Crippen LogP contribution is -2.13. The second kappa shape index (κ2) is 3.98. The van der Waals surface area contributed by atoms with Gasteiger partial charge in [0.2, 0.25) is 0 Å². The molecule has 0 aliphatic rings. The van der Waals surface area contributed by atoms with Crippen molar-refractivity contribution in [3.8, 4) is 0 Å². The normalized spacial score (nSPS) is 11.7. The minimum Gasteiger partial charge on any atom is -0.151 e. The molecule has 0 nitrogen and oxygen atoms in total. The first kappa shape index (κ1) is 10.3. The molecule has 0 saturated carbocycles. The monoisotopic (exact) mass is 260 g/mol. The van der Waals surface area contributed by atoms with Gasteiger partial charge in [0.25, 0.3) is 0 Å². The first-order valence-corrected chi connectivity index (χ1v) is 9.76. The lowest BCUT2D eigenvalue weighted by atomic mass is 10.4. The molecule has 0 N–H and O–H groups in total. The fourth-order valence-electron chi connectivity index (χ4n) is 0.857. The van der Waals surface area contributed by atoms with Crippen LogP contribution in [0, 0.1) is 0 Å². The fourth-order valence-corrected chi connectivity index (χ4v) is 5.32. The molecule has 1 aromatic rings. The van der Waals surface area contributed by atoms with E-state index in [9.17, 15) is 0 Å². The Hall–Kier alpha value is 0.267. The summed E-state index contributed by atoms with van der Waals surface area (Å²) in [4.78, 5) is 1.37. The SMILES string of the molecule is C[Si](C)(C)Sc1ccccc1Br. The van der Waals surface area contributed by atoms with E-state index in [1.807, 2.05) is 11.2 Å². The summed E-state index contributed by atoms with van der Waals surface area (Å²) in [6, 6.07) is 8.42. The summed E-state index contributed by atoms with van der Waals surface area (Å²) in [6.45, 7) is 7.07. The van der Waals surface area contributed by atoms with E-state index in [1.54, 1.807) is 0 Å². The molecule has 0 bridgehead atoms. The van der Waals surface area contributed by atoms with Gasteiger partial charge in [-0.3, -0.25) is 0 Å². The van der Waals surface area contributed by atoms with Crippen LogP contribution in [0.1, 0.15) is 0 Å². The summed E-state index contributed by atoms with van der Waals surface area (Å²) in [6.07, 6.45) is 0. The standard InChI is InChI=1S/C9H13BrSSi/c1-12(2,3)11-9-7-5-4-6-8(9)10/h4-7H,1-3H3. The van der Waals surface area contributed by atoms with E-state index in [0.29, 0.717) is 0 Å². The van der Waals surface area contributed by atoms with E-state index < -0.39 is 7.22 Å². The zero-order valence-electron chi connectivity index (χ0n) is 7.60. The molecule has 0 spiro atoms. The van der Waals surface area contributed by atoms with Crippen molar-refractivity contribution in [2.24, 2.45) is 0 Å². The van der Waals surface area contributed by atoms with Crippen LogP contribution in [-0.4, -0.2) is 7.22 Å². The third kappa shape index (κ3) is 3.33. The van der Waals surface area contributed by atoms with Crippen molar-refractivity contribution in [3.05, 3.63) is 28.7 Å². The van der Waals surface area contributed by atoms with Crippen LogP contribution in [0.3, 0.4) is 0 Å². The van der Waals surface area contributed by atoms with E-state index in [0.717, 1.165) is 0 Å². The molecule has 66 valence electrons. The molecule has 0 fully saturated rings. The quantitative estimate of drug-likeness (QED) is 0.712. The molecule has 0 aliphatic carbocycles. The van der Waals surface area contributed by atoms with Crippen molar-refractivity contribution in [1.82, 2.24) is 0 Å². The van der Waals surface area contributed by atoms with Gasteiger partial charge in [-0.15, -0.1) is 0 Å². The molecule has 0 amide bonds. The zero-order chi connectivity index (χ0) is 9.19. The van der Waals surface area contributed by atoms with Crippen LogP contribution in [0.4, 0.5) is 0 Å². The van der Waals surface area contributed by atoms with E-state index >= 15 is 0 Å². The lowest BCUT2D eigenvalue weighted by Gasteiger charge is -2.15. The molecule has 3 heteroatoms. The van der Waals surface area contributed by atoms with Gasteiger partial charge in [0.15, 0.2) is 0 Å². The highest BCUT2D eigenvalue weighted by atomic mass is 79.9. The summed E-state index contributed by atoms with van der Waals surface area (Å²) in [5.74, 6) is 0. The molecule has 0 radical (unpaired) electrons. The van der Waals surface area contributed by atoms with Crippen molar-refractivity contribution in [2.45, 2.75) is 24.5 Å². The molecule has 12 heavy (non-hydrogen) atoms. The smallest absolute Gasteiger partial charge is 0.114 e. The Labute approximate surface area is 87.5 Å². The average molecular weight is 261 g/mol. The summed E-state index contributed by atoms with van der Waals surface area (Å²) in [7, 11) is -1.04. The molecule has 0 aromatic heterocycles. The minimum absolute atomic E-state index is 1.04. The molecule has 1 aromatic carbocycles. The molecule has 0 unspecified atom stereocenters. The first-order chi connectivity index (χ1) is 5.49. The number of rotatable bonds is 2. The summed E-state index contributed by atoms with van der Waals surface area (Å²) < 4.78 is 1.22. The maximum Gasteiger partial charge on any atom is 0.114 e. The average Bonchev–Trinajstić information content (AvgIpc) is 1.91. The van der Waals surface area contributed by atoms with Gasteiger partial charge in [0, 0.05) is 9.37 Å². The Bertz CT molecular complexity index is 267. The second-order valence-electron chi connectivity index (χ2n) is 3.64. The molecule has 0 saturated heterocycles. The third-order valence-corrected chi connectivity index (χ3v) is 5.89. The van der Waals surface area contributed by atoms with Crippen LogP contribution in [0.25, 0.3) is 0 Å². The Morgan fingerprint density at radius 3 is 2.25 bits per heavy atom. The third-order valence-electron chi connectivity index (χ3n) is 1.25. The van der Waals surface area contributed by atoms with Crippen LogP contribution in [0.15, 0.2) is 33.6 Å². The number of hydrogen-bond donors (Lipinski definition) is 0. The Morgan fingerprint density at radius 2 is 1.75 bits per heavy atom. The van der Waals surface area contributed by atoms with Gasteiger partial charge in [-0.2, -0.15) is 11.2 Å². The molecular weight excluding hydrogens is 248 g/mol. The maximum atomic E-state index is 3.55. The lowest BCUT2D eigenvalue weighted by molar-refractivity contribution is 1.42. The van der Waals surface area contributed by atoms with Crippen molar-refractivity contribution in [1.29, 1.82) is 0 Å². The highest BCUT2D eigenvalue weighted by Crippen LogP contribution is 2.33. The molecule has 1 rings (SSSR count). The number of benzene rings is 1. The zero-order valence-corrected chi connectivity index (χ0v) is 11.0. The van der Waals surface area contributed by atoms with E-state index in [2.05, 4.69) is 59.8 Å². The van der Waals surface area contributed by atoms with Crippen molar-refractivity contribution in [3.63, 3.8) is 0 Å². The molecular formula is C9H13BrSSi. The van der Waals surface area contributed by atoms with E-state index in [-0.39, 0.29) is 0 Å². The van der Waals surface area contributed by atoms with Gasteiger partial charge < -0.3 is 0 Å². The van der Waals surface area contributed by atoms with Gasteiger partial charge in [-0.05, 0) is 28.1 Å². The van der Waals surface area contributed by atoms with Crippen LogP contribution in [-0.2, 0) is 0 Å². The number of halogens is 1. The predicted octanol–water partition coefficient (Wildman–Crippen LogP) is 4.38. The van der Waals surface area contributed by atoms with Crippen LogP contribution in [0.5, 0.6) is 0 Å². The molecule has 0 aliphatic heterocycles. The van der Waals surface area contributed by atoms with E-state index in [1.165, 1.54) is 9.37 Å². The van der Waals surface area contributed by atoms with Crippen molar-refractivity contribution < 1.29 is 0 Å². The Kier molecular flexibility index (Phi) is 3.44. The van der Waals surface area contributed by atoms with Gasteiger partial charge in [-0.25, -0.2) is 0 Å². The fraction of sp³-hybridized carbons (Fsp3) is 0.333. The topological polar surface area (TPSA) is 0 Å². The van der Waals surface area contributed by atoms with Crippen LogP contribution in [0.2, 0.25) is 19.6 Å². The number of hydrogen-bond acceptors (Lipinski definition) is 1. The van der Waals surface area contributed by atoms with Gasteiger partial charge >= 0.3 is 0 Å². The first-order valence-electron chi connectivity index (χ1n) is 3.92. The van der Waals surface area contributed by atoms with Crippen molar-refractivity contribution >= 4 is 34.4 Å².